The van der Waals surface area contributed by atoms with Crippen LogP contribution >= 0.6 is 11.8 Å². The van der Waals surface area contributed by atoms with Crippen molar-refractivity contribution in [3.05, 3.63) is 16.9 Å². The fraction of sp³-hybridized carbons (Fsp3) is 0.375. The average molecular weight is 167 g/mol. The Bertz CT molecular complexity index is 309. The highest BCUT2D eigenvalue weighted by Gasteiger charge is 2.09. The third kappa shape index (κ3) is 1.41. The largest absolute Gasteiger partial charge is 0.454 e. The number of hydrogen-bond acceptors (Lipinski definition) is 3. The highest BCUT2D eigenvalue weighted by atomic mass is 32.2. The maximum Gasteiger partial charge on any atom is 0.178 e. The standard InChI is InChI=1S/C8H9NOS/c1-5-6(2)8(11-4-9)10-7(5)3/h1-3H3. The lowest BCUT2D eigenvalue weighted by atomic mass is 10.2. The summed E-state index contributed by atoms with van der Waals surface area (Å²) in [5.74, 6) is 0.903. The van der Waals surface area contributed by atoms with Gasteiger partial charge in [-0.3, -0.25) is 0 Å². The smallest absolute Gasteiger partial charge is 0.178 e. The molecule has 0 fully saturated rings. The summed E-state index contributed by atoms with van der Waals surface area (Å²) in [4.78, 5) is 0. The van der Waals surface area contributed by atoms with E-state index in [2.05, 4.69) is 0 Å². The molecule has 0 unspecified atom stereocenters. The zero-order valence-electron chi connectivity index (χ0n) is 6.76. The van der Waals surface area contributed by atoms with Crippen molar-refractivity contribution in [3.8, 4) is 5.40 Å². The molecule has 0 aliphatic heterocycles. The average Bonchev–Trinajstić information content (AvgIpc) is 2.19. The van der Waals surface area contributed by atoms with Crippen molar-refractivity contribution in [2.45, 2.75) is 25.9 Å². The molecule has 0 aliphatic carbocycles. The van der Waals surface area contributed by atoms with Crippen molar-refractivity contribution >= 4 is 11.8 Å². The zero-order chi connectivity index (χ0) is 8.43. The number of thiocyanates is 1. The van der Waals surface area contributed by atoms with E-state index in [0.29, 0.717) is 0 Å². The van der Waals surface area contributed by atoms with Gasteiger partial charge in [0.1, 0.15) is 11.2 Å². The molecule has 0 spiro atoms. The fourth-order valence-electron chi connectivity index (χ4n) is 0.848. The van der Waals surface area contributed by atoms with Crippen molar-refractivity contribution in [1.29, 1.82) is 5.26 Å². The molecule has 1 aromatic heterocycles. The predicted molar refractivity (Wildman–Crippen MR) is 44.4 cm³/mol. The minimum atomic E-state index is 0.725. The second kappa shape index (κ2) is 3.02. The van der Waals surface area contributed by atoms with Gasteiger partial charge in [0.2, 0.25) is 0 Å². The first-order valence-corrected chi connectivity index (χ1v) is 4.11. The molecule has 0 atom stereocenters. The van der Waals surface area contributed by atoms with Gasteiger partial charge < -0.3 is 4.42 Å². The quantitative estimate of drug-likeness (QED) is 0.476. The molecule has 0 aliphatic rings. The lowest BCUT2D eigenvalue weighted by Crippen LogP contribution is -1.73. The van der Waals surface area contributed by atoms with Gasteiger partial charge >= 0.3 is 0 Å². The first-order chi connectivity index (χ1) is 5.16. The van der Waals surface area contributed by atoms with E-state index >= 15 is 0 Å². The molecule has 1 heterocycles. The maximum atomic E-state index is 8.40. The molecule has 0 saturated heterocycles. The first-order valence-electron chi connectivity index (χ1n) is 3.29. The van der Waals surface area contributed by atoms with Gasteiger partial charge in [0.15, 0.2) is 5.09 Å². The van der Waals surface area contributed by atoms with E-state index in [1.54, 1.807) is 0 Å². The van der Waals surface area contributed by atoms with Crippen LogP contribution in [0.1, 0.15) is 16.9 Å². The van der Waals surface area contributed by atoms with Gasteiger partial charge in [-0.2, -0.15) is 5.26 Å². The van der Waals surface area contributed by atoms with Gasteiger partial charge in [0.05, 0.1) is 0 Å². The van der Waals surface area contributed by atoms with E-state index in [4.69, 9.17) is 9.68 Å². The van der Waals surface area contributed by atoms with E-state index in [9.17, 15) is 0 Å². The van der Waals surface area contributed by atoms with Crippen molar-refractivity contribution < 1.29 is 4.42 Å². The topological polar surface area (TPSA) is 36.9 Å². The molecule has 0 aromatic carbocycles. The second-order valence-electron chi connectivity index (χ2n) is 2.39. The van der Waals surface area contributed by atoms with E-state index in [0.717, 1.165) is 33.7 Å². The second-order valence-corrected chi connectivity index (χ2v) is 3.15. The summed E-state index contributed by atoms with van der Waals surface area (Å²) in [5, 5.41) is 11.1. The molecule has 1 rings (SSSR count). The van der Waals surface area contributed by atoms with Crippen LogP contribution in [0.2, 0.25) is 0 Å². The van der Waals surface area contributed by atoms with Crippen LogP contribution in [0.25, 0.3) is 0 Å². The van der Waals surface area contributed by atoms with Gasteiger partial charge in [-0.05, 0) is 26.3 Å². The highest BCUT2D eigenvalue weighted by molar-refractivity contribution is 8.03. The molecule has 2 nitrogen and oxygen atoms in total. The van der Waals surface area contributed by atoms with Crippen LogP contribution in [0.4, 0.5) is 0 Å². The van der Waals surface area contributed by atoms with Crippen LogP contribution < -0.4 is 0 Å². The van der Waals surface area contributed by atoms with Crippen molar-refractivity contribution in [1.82, 2.24) is 0 Å². The summed E-state index contributed by atoms with van der Waals surface area (Å²) in [6, 6.07) is 0. The van der Waals surface area contributed by atoms with Gasteiger partial charge in [-0.25, -0.2) is 0 Å². The lowest BCUT2D eigenvalue weighted by Gasteiger charge is -1.86. The minimum absolute atomic E-state index is 0.725. The number of hydrogen-bond donors (Lipinski definition) is 0. The van der Waals surface area contributed by atoms with E-state index in [-0.39, 0.29) is 0 Å². The first kappa shape index (κ1) is 8.22. The highest BCUT2D eigenvalue weighted by Crippen LogP contribution is 2.28. The normalized spacial score (nSPS) is 9.64. The third-order valence-electron chi connectivity index (χ3n) is 1.78. The van der Waals surface area contributed by atoms with Crippen LogP contribution in [-0.2, 0) is 0 Å². The number of aryl methyl sites for hydroxylation is 1. The summed E-state index contributed by atoms with van der Waals surface area (Å²) in [7, 11) is 0. The van der Waals surface area contributed by atoms with Crippen LogP contribution in [0.3, 0.4) is 0 Å². The Hall–Kier alpha value is -0.880. The van der Waals surface area contributed by atoms with Crippen LogP contribution in [-0.4, -0.2) is 0 Å². The summed E-state index contributed by atoms with van der Waals surface area (Å²) in [6.45, 7) is 5.87. The SMILES string of the molecule is Cc1oc(SC#N)c(C)c1C. The Balaban J connectivity index is 3.10. The van der Waals surface area contributed by atoms with Crippen molar-refractivity contribution in [3.63, 3.8) is 0 Å². The summed E-state index contributed by atoms with van der Waals surface area (Å²) < 4.78 is 5.33. The fourth-order valence-corrected chi connectivity index (χ4v) is 1.40. The van der Waals surface area contributed by atoms with Crippen molar-refractivity contribution in [2.75, 3.05) is 0 Å². The van der Waals surface area contributed by atoms with Gasteiger partial charge in [0, 0.05) is 17.3 Å². The van der Waals surface area contributed by atoms with E-state index < -0.39 is 0 Å². The Labute approximate surface area is 70.2 Å². The molecule has 58 valence electrons. The van der Waals surface area contributed by atoms with Crippen LogP contribution in [0.5, 0.6) is 0 Å². The Kier molecular flexibility index (Phi) is 2.25. The lowest BCUT2D eigenvalue weighted by molar-refractivity contribution is 0.445. The molecule has 0 amide bonds. The number of nitriles is 1. The van der Waals surface area contributed by atoms with Crippen molar-refractivity contribution in [2.24, 2.45) is 0 Å². The molecule has 0 saturated carbocycles. The number of rotatable bonds is 1. The van der Waals surface area contributed by atoms with E-state index in [1.165, 1.54) is 0 Å². The minimum Gasteiger partial charge on any atom is -0.454 e. The predicted octanol–water partition coefficient (Wildman–Crippen LogP) is 2.78. The molecule has 1 aromatic rings. The molecular weight excluding hydrogens is 158 g/mol. The summed E-state index contributed by atoms with van der Waals surface area (Å²) >= 11 is 1.08. The molecule has 0 N–H and O–H groups in total. The van der Waals surface area contributed by atoms with Gasteiger partial charge in [0.25, 0.3) is 0 Å². The summed E-state index contributed by atoms with van der Waals surface area (Å²) in [6.07, 6.45) is 0. The number of nitrogens with zero attached hydrogens (tertiary/aromatic N) is 1. The van der Waals surface area contributed by atoms with Gasteiger partial charge in [-0.1, -0.05) is 0 Å². The Morgan fingerprint density at radius 1 is 1.27 bits per heavy atom. The number of furan rings is 1. The number of thioether (sulfide) groups is 1. The third-order valence-corrected chi connectivity index (χ3v) is 2.45. The van der Waals surface area contributed by atoms with Crippen LogP contribution in [0, 0.1) is 31.4 Å². The molecule has 0 bridgehead atoms. The maximum absolute atomic E-state index is 8.40. The Morgan fingerprint density at radius 3 is 2.27 bits per heavy atom. The summed E-state index contributed by atoms with van der Waals surface area (Å²) in [5.41, 5.74) is 2.22. The zero-order valence-corrected chi connectivity index (χ0v) is 7.58. The molecule has 3 heteroatoms. The van der Waals surface area contributed by atoms with Gasteiger partial charge in [-0.15, -0.1) is 0 Å². The van der Waals surface area contributed by atoms with Crippen LogP contribution in [0.15, 0.2) is 9.51 Å². The van der Waals surface area contributed by atoms with E-state index in [1.807, 2.05) is 26.2 Å². The molecular formula is C8H9NOS. The monoisotopic (exact) mass is 167 g/mol. The molecule has 11 heavy (non-hydrogen) atoms. The Morgan fingerprint density at radius 2 is 1.91 bits per heavy atom. The molecule has 0 radical (unpaired) electrons.